The SMILES string of the molecule is [2H]C1=NCCCCO1. The number of ether oxygens (including phenoxy) is 1. The Morgan fingerprint density at radius 2 is 2.71 bits per heavy atom. The van der Waals surface area contributed by atoms with Crippen molar-refractivity contribution in [1.29, 1.82) is 0 Å². The molecule has 0 aromatic heterocycles. The van der Waals surface area contributed by atoms with Gasteiger partial charge in [-0.25, -0.2) is 0 Å². The van der Waals surface area contributed by atoms with Gasteiger partial charge in [0.2, 0.25) is 0 Å². The zero-order valence-corrected chi connectivity index (χ0v) is 4.18. The Bertz CT molecular complexity index is 103. The quantitative estimate of drug-likeness (QED) is 0.441. The largest absolute Gasteiger partial charge is 0.483 e. The molecule has 0 N–H and O–H groups in total. The Hall–Kier alpha value is -0.530. The Labute approximate surface area is 44.6 Å². The third-order valence-electron chi connectivity index (χ3n) is 0.895. The Morgan fingerprint density at radius 1 is 1.71 bits per heavy atom. The minimum Gasteiger partial charge on any atom is -0.483 e. The van der Waals surface area contributed by atoms with Crippen LogP contribution >= 0.6 is 0 Å². The van der Waals surface area contributed by atoms with E-state index in [9.17, 15) is 0 Å². The maximum Gasteiger partial charge on any atom is 0.169 e. The Balaban J connectivity index is 2.36. The molecule has 0 saturated carbocycles. The fraction of sp³-hybridized carbons (Fsp3) is 0.800. The van der Waals surface area contributed by atoms with Crippen LogP contribution in [-0.2, 0) is 4.74 Å². The highest BCUT2D eigenvalue weighted by Gasteiger charge is 1.89. The van der Waals surface area contributed by atoms with Crippen LogP contribution in [0.25, 0.3) is 0 Å². The first-order valence-electron chi connectivity index (χ1n) is 3.03. The van der Waals surface area contributed by atoms with Crippen LogP contribution in [0.5, 0.6) is 0 Å². The summed E-state index contributed by atoms with van der Waals surface area (Å²) in [6.07, 6.45) is 2.19. The van der Waals surface area contributed by atoms with Crippen LogP contribution in [0.3, 0.4) is 0 Å². The third-order valence-corrected chi connectivity index (χ3v) is 0.895. The van der Waals surface area contributed by atoms with Crippen molar-refractivity contribution in [3.63, 3.8) is 0 Å². The molecule has 1 aliphatic rings. The Morgan fingerprint density at radius 3 is 3.71 bits per heavy atom. The van der Waals surface area contributed by atoms with Crippen molar-refractivity contribution in [2.24, 2.45) is 4.99 Å². The summed E-state index contributed by atoms with van der Waals surface area (Å²) in [4.78, 5) is 3.78. The minimum absolute atomic E-state index is 0.0995. The average Bonchev–Trinajstić information content (AvgIpc) is 1.94. The molecular weight excluding hydrogens is 90.1 g/mol. The predicted octanol–water partition coefficient (Wildman–Crippen LogP) is 0.825. The zero-order chi connectivity index (χ0) is 5.82. The molecule has 0 spiro atoms. The molecule has 2 nitrogen and oxygen atoms in total. The fourth-order valence-corrected chi connectivity index (χ4v) is 0.502. The summed E-state index contributed by atoms with van der Waals surface area (Å²) in [5.41, 5.74) is 0. The molecule has 0 amide bonds. The van der Waals surface area contributed by atoms with Gasteiger partial charge in [0.15, 0.2) is 6.38 Å². The minimum atomic E-state index is 0.0995. The lowest BCUT2D eigenvalue weighted by atomic mass is 10.3. The summed E-state index contributed by atoms with van der Waals surface area (Å²) in [5.74, 6) is 0. The van der Waals surface area contributed by atoms with Crippen LogP contribution in [0.1, 0.15) is 14.2 Å². The van der Waals surface area contributed by atoms with Gasteiger partial charge in [-0.1, -0.05) is 0 Å². The maximum absolute atomic E-state index is 6.94. The van der Waals surface area contributed by atoms with Crippen LogP contribution in [0.15, 0.2) is 4.99 Å². The van der Waals surface area contributed by atoms with Gasteiger partial charge in [-0.05, 0) is 12.8 Å². The van der Waals surface area contributed by atoms with Crippen LogP contribution < -0.4 is 0 Å². The fourth-order valence-electron chi connectivity index (χ4n) is 0.502. The van der Waals surface area contributed by atoms with Crippen LogP contribution in [0.4, 0.5) is 0 Å². The van der Waals surface area contributed by atoms with Crippen LogP contribution in [0.2, 0.25) is 0 Å². The summed E-state index contributed by atoms with van der Waals surface area (Å²) in [6.45, 7) is 1.43. The van der Waals surface area contributed by atoms with Crippen molar-refractivity contribution >= 4 is 6.38 Å². The molecule has 1 aliphatic heterocycles. The average molecular weight is 100 g/mol. The number of aliphatic imine (C=N–C) groups is 1. The van der Waals surface area contributed by atoms with Crippen molar-refractivity contribution < 1.29 is 6.11 Å². The number of hydrogen-bond acceptors (Lipinski definition) is 2. The molecule has 0 aliphatic carbocycles. The molecule has 1 heterocycles. The predicted molar refractivity (Wildman–Crippen MR) is 28.5 cm³/mol. The summed E-state index contributed by atoms with van der Waals surface area (Å²) in [7, 11) is 0. The molecule has 1 rings (SSSR count). The number of nitrogens with zero attached hydrogens (tertiary/aromatic N) is 1. The van der Waals surface area contributed by atoms with Crippen molar-refractivity contribution in [1.82, 2.24) is 0 Å². The zero-order valence-electron chi connectivity index (χ0n) is 5.18. The molecule has 0 atom stereocenters. The smallest absolute Gasteiger partial charge is 0.169 e. The van der Waals surface area contributed by atoms with Crippen molar-refractivity contribution in [2.75, 3.05) is 13.2 Å². The first-order valence-corrected chi connectivity index (χ1v) is 2.53. The summed E-state index contributed by atoms with van der Waals surface area (Å²) >= 11 is 0. The molecule has 40 valence electrons. The molecule has 0 bridgehead atoms. The highest BCUT2D eigenvalue weighted by molar-refractivity contribution is 5.46. The van der Waals surface area contributed by atoms with E-state index in [1.807, 2.05) is 0 Å². The molecule has 0 radical (unpaired) electrons. The number of hydrogen-bond donors (Lipinski definition) is 0. The van der Waals surface area contributed by atoms with E-state index in [1.54, 1.807) is 0 Å². The second kappa shape index (κ2) is 2.61. The van der Waals surface area contributed by atoms with E-state index in [2.05, 4.69) is 4.99 Å². The van der Waals surface area contributed by atoms with E-state index in [4.69, 9.17) is 6.11 Å². The van der Waals surface area contributed by atoms with Crippen LogP contribution in [0, 0.1) is 0 Å². The second-order valence-electron chi connectivity index (χ2n) is 1.53. The van der Waals surface area contributed by atoms with E-state index >= 15 is 0 Å². The first-order chi connectivity index (χ1) is 3.89. The van der Waals surface area contributed by atoms with Gasteiger partial charge in [-0.2, -0.15) is 0 Å². The van der Waals surface area contributed by atoms with Gasteiger partial charge in [0, 0.05) is 6.54 Å². The first kappa shape index (κ1) is 3.47. The van der Waals surface area contributed by atoms with E-state index < -0.39 is 0 Å². The lowest BCUT2D eigenvalue weighted by molar-refractivity contribution is 0.319. The maximum atomic E-state index is 6.94. The normalized spacial score (nSPS) is 24.0. The summed E-state index contributed by atoms with van der Waals surface area (Å²) in [6, 6.07) is 0. The Kier molecular flexibility index (Phi) is 1.29. The topological polar surface area (TPSA) is 21.6 Å². The van der Waals surface area contributed by atoms with E-state index in [-0.39, 0.29) is 6.38 Å². The third kappa shape index (κ3) is 1.57. The summed E-state index contributed by atoms with van der Waals surface area (Å²) < 4.78 is 11.8. The van der Waals surface area contributed by atoms with E-state index in [0.717, 1.165) is 19.4 Å². The summed E-state index contributed by atoms with van der Waals surface area (Å²) in [5, 5.41) is 0. The molecule has 2 heteroatoms. The van der Waals surface area contributed by atoms with Crippen molar-refractivity contribution in [3.8, 4) is 0 Å². The molecule has 0 fully saturated rings. The second-order valence-corrected chi connectivity index (χ2v) is 1.53. The van der Waals surface area contributed by atoms with Gasteiger partial charge in [-0.3, -0.25) is 4.99 Å². The molecule has 0 aromatic carbocycles. The molecule has 0 saturated heterocycles. The molecule has 0 aromatic rings. The lowest BCUT2D eigenvalue weighted by Crippen LogP contribution is -1.85. The van der Waals surface area contributed by atoms with Crippen molar-refractivity contribution in [3.05, 3.63) is 0 Å². The molecule has 7 heavy (non-hydrogen) atoms. The van der Waals surface area contributed by atoms with Crippen LogP contribution in [-0.4, -0.2) is 19.5 Å². The standard InChI is InChI=1S/C5H9NO/c1-2-4-7-5-6-3-1/h5H,1-4H2/i5D. The molecule has 0 unspecified atom stereocenters. The van der Waals surface area contributed by atoms with E-state index in [1.165, 1.54) is 0 Å². The molecular formula is C5H9NO. The van der Waals surface area contributed by atoms with Gasteiger partial charge in [0.05, 0.1) is 6.61 Å². The van der Waals surface area contributed by atoms with Gasteiger partial charge >= 0.3 is 0 Å². The van der Waals surface area contributed by atoms with Gasteiger partial charge in [-0.15, -0.1) is 0 Å². The van der Waals surface area contributed by atoms with Gasteiger partial charge in [0.25, 0.3) is 0 Å². The lowest BCUT2D eigenvalue weighted by Gasteiger charge is -1.89. The highest BCUT2D eigenvalue weighted by Crippen LogP contribution is 1.92. The van der Waals surface area contributed by atoms with Gasteiger partial charge in [0.1, 0.15) is 1.37 Å². The number of rotatable bonds is 0. The van der Waals surface area contributed by atoms with Crippen molar-refractivity contribution in [2.45, 2.75) is 12.8 Å². The van der Waals surface area contributed by atoms with Gasteiger partial charge < -0.3 is 4.74 Å². The highest BCUT2D eigenvalue weighted by atomic mass is 16.5. The monoisotopic (exact) mass is 100 g/mol. The van der Waals surface area contributed by atoms with E-state index in [0.29, 0.717) is 6.61 Å².